The Morgan fingerprint density at radius 2 is 2.17 bits per heavy atom. The van der Waals surface area contributed by atoms with Gasteiger partial charge < -0.3 is 9.72 Å². The van der Waals surface area contributed by atoms with Gasteiger partial charge in [-0.05, 0) is 18.2 Å². The van der Waals surface area contributed by atoms with Gasteiger partial charge in [0, 0.05) is 28.8 Å². The third kappa shape index (κ3) is 2.88. The van der Waals surface area contributed by atoms with Gasteiger partial charge in [0.15, 0.2) is 0 Å². The molecular weight excluding hydrogens is 337 g/mol. The molecule has 0 saturated heterocycles. The number of carbonyl (C=O) groups excluding carboxylic acids is 1. The zero-order valence-corrected chi connectivity index (χ0v) is 13.1. The second-order valence-corrected chi connectivity index (χ2v) is 5.61. The van der Waals surface area contributed by atoms with Crippen LogP contribution < -0.4 is 0 Å². The number of hydrogen-bond acceptors (Lipinski definition) is 6. The van der Waals surface area contributed by atoms with E-state index in [-0.39, 0.29) is 0 Å². The lowest BCUT2D eigenvalue weighted by Gasteiger charge is -1.98. The molecule has 0 spiro atoms. The first-order chi connectivity index (χ1) is 11.5. The Labute approximate surface area is 138 Å². The van der Waals surface area contributed by atoms with Crippen LogP contribution in [-0.2, 0) is 4.74 Å². The lowest BCUT2D eigenvalue weighted by molar-refractivity contribution is -0.387. The molecule has 0 radical (unpaired) electrons. The first-order valence-corrected chi connectivity index (χ1v) is 7.54. The molecule has 3 aromatic rings. The molecule has 0 aliphatic carbocycles. The Hall–Kier alpha value is -3.07. The van der Waals surface area contributed by atoms with Gasteiger partial charge in [0.2, 0.25) is 5.82 Å². The average molecular weight is 347 g/mol. The third-order valence-corrected chi connectivity index (χ3v) is 4.17. The van der Waals surface area contributed by atoms with Gasteiger partial charge in [-0.25, -0.2) is 9.78 Å². The van der Waals surface area contributed by atoms with Gasteiger partial charge in [-0.3, -0.25) is 10.1 Å². The predicted molar refractivity (Wildman–Crippen MR) is 85.3 cm³/mol. The average Bonchev–Trinajstić information content (AvgIpc) is 3.23. The van der Waals surface area contributed by atoms with Crippen LogP contribution in [-0.4, -0.2) is 28.0 Å². The zero-order valence-electron chi connectivity index (χ0n) is 12.3. The second kappa shape index (κ2) is 6.20. The van der Waals surface area contributed by atoms with Crippen LogP contribution in [0.4, 0.5) is 10.1 Å². The number of esters is 1. The van der Waals surface area contributed by atoms with Crippen LogP contribution in [0.25, 0.3) is 21.8 Å². The van der Waals surface area contributed by atoms with Gasteiger partial charge in [0.05, 0.1) is 17.7 Å². The number of thiazole rings is 1. The summed E-state index contributed by atoms with van der Waals surface area (Å²) in [6, 6.07) is 5.22. The number of carbonyl (C=O) groups is 1. The van der Waals surface area contributed by atoms with Crippen LogP contribution in [0.5, 0.6) is 0 Å². The minimum atomic E-state index is -0.895. The van der Waals surface area contributed by atoms with Crippen molar-refractivity contribution in [3.8, 4) is 21.8 Å². The molecule has 0 aliphatic rings. The SMILES string of the molecule is COC(=O)c1cc(-c2csc(-c3ccc(F)c([N+](=O)[O-])c3)n2)c[nH]1. The second-order valence-electron chi connectivity index (χ2n) is 4.75. The molecule has 122 valence electrons. The summed E-state index contributed by atoms with van der Waals surface area (Å²) in [6.07, 6.45) is 1.61. The van der Waals surface area contributed by atoms with E-state index in [2.05, 4.69) is 14.7 Å². The lowest BCUT2D eigenvalue weighted by Crippen LogP contribution is -2.00. The van der Waals surface area contributed by atoms with Crippen LogP contribution in [0.1, 0.15) is 10.5 Å². The third-order valence-electron chi connectivity index (χ3n) is 3.28. The Morgan fingerprint density at radius 3 is 2.88 bits per heavy atom. The van der Waals surface area contributed by atoms with Crippen LogP contribution >= 0.6 is 11.3 Å². The standard InChI is InChI=1S/C15H10FN3O4S/c1-23-15(20)11-4-9(6-17-11)12-7-24-14(18-12)8-2-3-10(16)13(5-8)19(21)22/h2-7,17H,1H3. The lowest BCUT2D eigenvalue weighted by atomic mass is 10.2. The van der Waals surface area contributed by atoms with Gasteiger partial charge >= 0.3 is 11.7 Å². The molecule has 1 aromatic carbocycles. The van der Waals surface area contributed by atoms with E-state index in [1.54, 1.807) is 17.6 Å². The number of nitrogens with zero attached hydrogens (tertiary/aromatic N) is 2. The molecule has 0 unspecified atom stereocenters. The van der Waals surface area contributed by atoms with Crippen molar-refractivity contribution >= 4 is 23.0 Å². The number of nitrogens with one attached hydrogen (secondary N) is 1. The number of aromatic amines is 1. The van der Waals surface area contributed by atoms with E-state index in [1.165, 1.54) is 24.5 Å². The summed E-state index contributed by atoms with van der Waals surface area (Å²) in [5.41, 5.74) is 1.41. The summed E-state index contributed by atoms with van der Waals surface area (Å²) in [4.78, 5) is 28.7. The number of nitro groups is 1. The highest BCUT2D eigenvalue weighted by Gasteiger charge is 2.17. The van der Waals surface area contributed by atoms with E-state index in [0.29, 0.717) is 27.5 Å². The van der Waals surface area contributed by atoms with E-state index < -0.39 is 22.4 Å². The quantitative estimate of drug-likeness (QED) is 0.441. The summed E-state index contributed by atoms with van der Waals surface area (Å²) < 4.78 is 18.0. The van der Waals surface area contributed by atoms with Gasteiger partial charge in [0.25, 0.3) is 0 Å². The number of aromatic nitrogens is 2. The number of hydrogen-bond donors (Lipinski definition) is 1. The van der Waals surface area contributed by atoms with E-state index in [1.807, 2.05) is 0 Å². The van der Waals surface area contributed by atoms with Crippen molar-refractivity contribution in [1.29, 1.82) is 0 Å². The maximum atomic E-state index is 13.4. The molecule has 0 aliphatic heterocycles. The van der Waals surface area contributed by atoms with Crippen LogP contribution in [0.15, 0.2) is 35.8 Å². The number of nitro benzene ring substituents is 1. The molecule has 0 fully saturated rings. The highest BCUT2D eigenvalue weighted by Crippen LogP contribution is 2.32. The fraction of sp³-hybridized carbons (Fsp3) is 0.0667. The Balaban J connectivity index is 1.94. The Kier molecular flexibility index (Phi) is 4.09. The molecule has 0 amide bonds. The molecule has 9 heteroatoms. The van der Waals surface area contributed by atoms with Crippen LogP contribution in [0.3, 0.4) is 0 Å². The van der Waals surface area contributed by atoms with Crippen molar-refractivity contribution in [3.63, 3.8) is 0 Å². The normalized spacial score (nSPS) is 10.6. The fourth-order valence-electron chi connectivity index (χ4n) is 2.09. The summed E-state index contributed by atoms with van der Waals surface area (Å²) in [5, 5.41) is 13.1. The summed E-state index contributed by atoms with van der Waals surface area (Å²) in [6.45, 7) is 0. The van der Waals surface area contributed by atoms with Crippen molar-refractivity contribution in [3.05, 3.63) is 57.5 Å². The van der Waals surface area contributed by atoms with Crippen molar-refractivity contribution in [2.24, 2.45) is 0 Å². The monoisotopic (exact) mass is 347 g/mol. The number of H-pyrrole nitrogens is 1. The first kappa shape index (κ1) is 15.8. The smallest absolute Gasteiger partial charge is 0.354 e. The number of rotatable bonds is 4. The molecule has 3 rings (SSSR count). The Morgan fingerprint density at radius 1 is 1.38 bits per heavy atom. The van der Waals surface area contributed by atoms with Crippen LogP contribution in [0.2, 0.25) is 0 Å². The van der Waals surface area contributed by atoms with E-state index in [0.717, 1.165) is 12.1 Å². The molecule has 1 N–H and O–H groups in total. The maximum Gasteiger partial charge on any atom is 0.354 e. The molecule has 2 aromatic heterocycles. The molecule has 2 heterocycles. The predicted octanol–water partition coefficient (Wildman–Crippen LogP) is 3.64. The van der Waals surface area contributed by atoms with Crippen molar-refractivity contribution in [1.82, 2.24) is 9.97 Å². The maximum absolute atomic E-state index is 13.4. The molecule has 0 atom stereocenters. The van der Waals surface area contributed by atoms with Gasteiger partial charge in [0.1, 0.15) is 10.7 Å². The molecular formula is C15H10FN3O4S. The van der Waals surface area contributed by atoms with E-state index in [4.69, 9.17) is 0 Å². The summed E-state index contributed by atoms with van der Waals surface area (Å²) >= 11 is 1.26. The minimum Gasteiger partial charge on any atom is -0.464 e. The van der Waals surface area contributed by atoms with E-state index in [9.17, 15) is 19.3 Å². The largest absolute Gasteiger partial charge is 0.464 e. The number of benzene rings is 1. The fourth-order valence-corrected chi connectivity index (χ4v) is 2.92. The summed E-state index contributed by atoms with van der Waals surface area (Å²) in [5.74, 6) is -1.39. The highest BCUT2D eigenvalue weighted by atomic mass is 32.1. The first-order valence-electron chi connectivity index (χ1n) is 6.66. The minimum absolute atomic E-state index is 0.291. The number of ether oxygens (including phenoxy) is 1. The number of halogens is 1. The van der Waals surface area contributed by atoms with Crippen molar-refractivity contribution < 1.29 is 18.8 Å². The van der Waals surface area contributed by atoms with E-state index >= 15 is 0 Å². The van der Waals surface area contributed by atoms with Crippen molar-refractivity contribution in [2.75, 3.05) is 7.11 Å². The van der Waals surface area contributed by atoms with Crippen molar-refractivity contribution in [2.45, 2.75) is 0 Å². The van der Waals surface area contributed by atoms with Gasteiger partial charge in [-0.15, -0.1) is 11.3 Å². The van der Waals surface area contributed by atoms with Gasteiger partial charge in [-0.1, -0.05) is 0 Å². The summed E-state index contributed by atoms with van der Waals surface area (Å²) in [7, 11) is 1.28. The topological polar surface area (TPSA) is 98.1 Å². The highest BCUT2D eigenvalue weighted by molar-refractivity contribution is 7.13. The molecule has 7 nitrogen and oxygen atoms in total. The molecule has 0 bridgehead atoms. The molecule has 0 saturated carbocycles. The zero-order chi connectivity index (χ0) is 17.3. The Bertz CT molecular complexity index is 934. The van der Waals surface area contributed by atoms with Gasteiger partial charge in [-0.2, -0.15) is 4.39 Å². The number of methoxy groups -OCH3 is 1. The van der Waals surface area contributed by atoms with Crippen LogP contribution in [0, 0.1) is 15.9 Å². The molecule has 24 heavy (non-hydrogen) atoms.